The lowest BCUT2D eigenvalue weighted by molar-refractivity contribution is 0.0991. The second-order valence-corrected chi connectivity index (χ2v) is 6.11. The van der Waals surface area contributed by atoms with Crippen LogP contribution in [0.3, 0.4) is 0 Å². The molecule has 0 spiro atoms. The number of aliphatic hydroxyl groups is 1. The first-order valence-electron chi connectivity index (χ1n) is 7.63. The molecule has 3 rings (SSSR count). The molecule has 21 heavy (non-hydrogen) atoms. The van der Waals surface area contributed by atoms with E-state index in [1.165, 1.54) is 17.2 Å². The maximum absolute atomic E-state index is 13.4. The van der Waals surface area contributed by atoms with Crippen LogP contribution in [0.15, 0.2) is 42.5 Å². The summed E-state index contributed by atoms with van der Waals surface area (Å²) in [5.41, 5.74) is 4.72. The highest BCUT2D eigenvalue weighted by atomic mass is 19.1. The Hall–Kier alpha value is -1.67. The van der Waals surface area contributed by atoms with E-state index in [2.05, 4.69) is 24.3 Å². The Bertz CT molecular complexity index is 635. The van der Waals surface area contributed by atoms with Gasteiger partial charge < -0.3 is 5.11 Å². The third-order valence-electron chi connectivity index (χ3n) is 4.67. The zero-order chi connectivity index (χ0) is 14.8. The Kier molecular flexibility index (Phi) is 4.07. The van der Waals surface area contributed by atoms with Crippen molar-refractivity contribution >= 4 is 0 Å². The van der Waals surface area contributed by atoms with Crippen LogP contribution in [0.5, 0.6) is 0 Å². The van der Waals surface area contributed by atoms with E-state index in [-0.39, 0.29) is 11.7 Å². The quantitative estimate of drug-likeness (QED) is 0.908. The lowest BCUT2D eigenvalue weighted by Crippen LogP contribution is -2.28. The Morgan fingerprint density at radius 2 is 1.95 bits per heavy atom. The predicted octanol–water partition coefficient (Wildman–Crippen LogP) is 3.84. The normalized spacial score (nSPS) is 19.1. The SMILES string of the molecule is Cc1ccc(F)cc1CC(O)C1CCc2ccccc2C1. The second kappa shape index (κ2) is 5.98. The number of hydrogen-bond donors (Lipinski definition) is 1. The number of aryl methyl sites for hydroxylation is 2. The van der Waals surface area contributed by atoms with Gasteiger partial charge in [0.05, 0.1) is 6.10 Å². The van der Waals surface area contributed by atoms with Gasteiger partial charge in [0.15, 0.2) is 0 Å². The molecule has 1 aliphatic rings. The molecule has 0 fully saturated rings. The first-order valence-corrected chi connectivity index (χ1v) is 7.63. The van der Waals surface area contributed by atoms with Gasteiger partial charge >= 0.3 is 0 Å². The Morgan fingerprint density at radius 1 is 1.19 bits per heavy atom. The van der Waals surface area contributed by atoms with Crippen LogP contribution in [-0.2, 0) is 19.3 Å². The van der Waals surface area contributed by atoms with Gasteiger partial charge in [-0.3, -0.25) is 0 Å². The summed E-state index contributed by atoms with van der Waals surface area (Å²) >= 11 is 0. The van der Waals surface area contributed by atoms with Crippen LogP contribution in [0.25, 0.3) is 0 Å². The highest BCUT2D eigenvalue weighted by molar-refractivity contribution is 5.31. The summed E-state index contributed by atoms with van der Waals surface area (Å²) in [4.78, 5) is 0. The molecule has 0 aliphatic heterocycles. The van der Waals surface area contributed by atoms with Crippen molar-refractivity contribution in [2.45, 2.75) is 38.7 Å². The molecule has 0 bridgehead atoms. The van der Waals surface area contributed by atoms with Gasteiger partial charge in [-0.05, 0) is 72.9 Å². The number of fused-ring (bicyclic) bond motifs is 1. The molecule has 1 aliphatic carbocycles. The smallest absolute Gasteiger partial charge is 0.123 e. The minimum Gasteiger partial charge on any atom is -0.392 e. The van der Waals surface area contributed by atoms with Crippen molar-refractivity contribution in [1.29, 1.82) is 0 Å². The van der Waals surface area contributed by atoms with Crippen molar-refractivity contribution in [3.63, 3.8) is 0 Å². The molecule has 2 aromatic carbocycles. The van der Waals surface area contributed by atoms with Crippen LogP contribution in [0, 0.1) is 18.7 Å². The van der Waals surface area contributed by atoms with E-state index in [0.29, 0.717) is 6.42 Å². The lowest BCUT2D eigenvalue weighted by Gasteiger charge is -2.29. The minimum absolute atomic E-state index is 0.225. The van der Waals surface area contributed by atoms with Gasteiger partial charge in [0, 0.05) is 0 Å². The molecule has 2 heteroatoms. The molecule has 0 saturated carbocycles. The van der Waals surface area contributed by atoms with Crippen LogP contribution in [0.1, 0.15) is 28.7 Å². The summed E-state index contributed by atoms with van der Waals surface area (Å²) in [7, 11) is 0. The van der Waals surface area contributed by atoms with Crippen LogP contribution in [-0.4, -0.2) is 11.2 Å². The monoisotopic (exact) mass is 284 g/mol. The van der Waals surface area contributed by atoms with Crippen molar-refractivity contribution < 1.29 is 9.50 Å². The first kappa shape index (κ1) is 14.3. The van der Waals surface area contributed by atoms with Crippen molar-refractivity contribution in [3.05, 3.63) is 70.5 Å². The molecular weight excluding hydrogens is 263 g/mol. The Balaban J connectivity index is 1.72. The van der Waals surface area contributed by atoms with Gasteiger partial charge in [0.2, 0.25) is 0 Å². The molecule has 2 atom stereocenters. The average Bonchev–Trinajstić information content (AvgIpc) is 2.50. The zero-order valence-electron chi connectivity index (χ0n) is 12.3. The maximum atomic E-state index is 13.4. The molecule has 1 nitrogen and oxygen atoms in total. The molecule has 0 saturated heterocycles. The summed E-state index contributed by atoms with van der Waals surface area (Å²) in [6.45, 7) is 1.97. The fraction of sp³-hybridized carbons (Fsp3) is 0.368. The van der Waals surface area contributed by atoms with Gasteiger partial charge in [0.25, 0.3) is 0 Å². The zero-order valence-corrected chi connectivity index (χ0v) is 12.3. The van der Waals surface area contributed by atoms with E-state index in [4.69, 9.17) is 0 Å². The summed E-state index contributed by atoms with van der Waals surface area (Å²) in [5.74, 6) is 0.0411. The first-order chi connectivity index (χ1) is 10.1. The standard InChI is InChI=1S/C19H21FO/c1-13-6-9-18(20)11-17(13)12-19(21)16-8-7-14-4-2-3-5-15(14)10-16/h2-6,9,11,16,19,21H,7-8,10,12H2,1H3. The number of rotatable bonds is 3. The van der Waals surface area contributed by atoms with E-state index in [1.54, 1.807) is 12.1 Å². The molecule has 0 radical (unpaired) electrons. The second-order valence-electron chi connectivity index (χ2n) is 6.11. The summed E-state index contributed by atoms with van der Waals surface area (Å²) in [6.07, 6.45) is 3.09. The fourth-order valence-corrected chi connectivity index (χ4v) is 3.31. The fourth-order valence-electron chi connectivity index (χ4n) is 3.31. The maximum Gasteiger partial charge on any atom is 0.123 e. The Morgan fingerprint density at radius 3 is 2.76 bits per heavy atom. The van der Waals surface area contributed by atoms with Crippen LogP contribution in [0.4, 0.5) is 4.39 Å². The van der Waals surface area contributed by atoms with Crippen molar-refractivity contribution in [1.82, 2.24) is 0 Å². The van der Waals surface area contributed by atoms with Gasteiger partial charge in [0.1, 0.15) is 5.82 Å². The molecule has 0 amide bonds. The molecule has 1 N–H and O–H groups in total. The van der Waals surface area contributed by atoms with E-state index >= 15 is 0 Å². The predicted molar refractivity (Wildman–Crippen MR) is 82.8 cm³/mol. The number of hydrogen-bond acceptors (Lipinski definition) is 1. The minimum atomic E-state index is -0.404. The average molecular weight is 284 g/mol. The van der Waals surface area contributed by atoms with Gasteiger partial charge in [-0.25, -0.2) is 4.39 Å². The topological polar surface area (TPSA) is 20.2 Å². The molecule has 2 unspecified atom stereocenters. The molecular formula is C19H21FO. The summed E-state index contributed by atoms with van der Waals surface area (Å²) < 4.78 is 13.4. The summed E-state index contributed by atoms with van der Waals surface area (Å²) in [5, 5.41) is 10.5. The van der Waals surface area contributed by atoms with Crippen LogP contribution >= 0.6 is 0 Å². The van der Waals surface area contributed by atoms with E-state index in [0.717, 1.165) is 30.4 Å². The van der Waals surface area contributed by atoms with E-state index < -0.39 is 6.10 Å². The van der Waals surface area contributed by atoms with Crippen molar-refractivity contribution in [3.8, 4) is 0 Å². The highest BCUT2D eigenvalue weighted by Crippen LogP contribution is 2.29. The third kappa shape index (κ3) is 3.16. The number of aliphatic hydroxyl groups excluding tert-OH is 1. The van der Waals surface area contributed by atoms with Crippen LogP contribution < -0.4 is 0 Å². The molecule has 2 aromatic rings. The van der Waals surface area contributed by atoms with Gasteiger partial charge in [-0.1, -0.05) is 30.3 Å². The number of benzene rings is 2. The largest absolute Gasteiger partial charge is 0.392 e. The van der Waals surface area contributed by atoms with Gasteiger partial charge in [-0.2, -0.15) is 0 Å². The Labute approximate surface area is 125 Å². The lowest BCUT2D eigenvalue weighted by atomic mass is 9.79. The van der Waals surface area contributed by atoms with Crippen LogP contribution in [0.2, 0.25) is 0 Å². The number of halogens is 1. The molecule has 0 aromatic heterocycles. The van der Waals surface area contributed by atoms with E-state index in [9.17, 15) is 9.50 Å². The highest BCUT2D eigenvalue weighted by Gasteiger charge is 2.25. The molecule has 0 heterocycles. The van der Waals surface area contributed by atoms with E-state index in [1.807, 2.05) is 6.92 Å². The van der Waals surface area contributed by atoms with Gasteiger partial charge in [-0.15, -0.1) is 0 Å². The summed E-state index contributed by atoms with van der Waals surface area (Å²) in [6, 6.07) is 13.3. The van der Waals surface area contributed by atoms with Crippen molar-refractivity contribution in [2.75, 3.05) is 0 Å². The third-order valence-corrected chi connectivity index (χ3v) is 4.67. The van der Waals surface area contributed by atoms with Crippen molar-refractivity contribution in [2.24, 2.45) is 5.92 Å². The molecule has 110 valence electrons.